The molecular weight excluding hydrogens is 321 g/mol. The van der Waals surface area contributed by atoms with Crippen LogP contribution in [0.2, 0.25) is 5.02 Å². The molecule has 0 atom stereocenters. The Kier molecular flexibility index (Phi) is 4.76. The molecule has 0 saturated carbocycles. The van der Waals surface area contributed by atoms with Crippen LogP contribution >= 0.6 is 27.5 Å². The highest BCUT2D eigenvalue weighted by molar-refractivity contribution is 9.10. The third kappa shape index (κ3) is 3.71. The molecule has 1 aromatic rings. The first-order chi connectivity index (χ1) is 8.26. The third-order valence-electron chi connectivity index (χ3n) is 2.25. The van der Waals surface area contributed by atoms with Gasteiger partial charge in [-0.25, -0.2) is 4.79 Å². The van der Waals surface area contributed by atoms with E-state index in [4.69, 9.17) is 11.6 Å². The highest BCUT2D eigenvalue weighted by atomic mass is 79.9. The number of esters is 1. The topological polar surface area (TPSA) is 55.4 Å². The number of ether oxygens (including phenoxy) is 1. The van der Waals surface area contributed by atoms with Gasteiger partial charge in [0.1, 0.15) is 5.54 Å². The summed E-state index contributed by atoms with van der Waals surface area (Å²) in [5.41, 5.74) is -0.730. The molecule has 0 aliphatic heterocycles. The lowest BCUT2D eigenvalue weighted by Crippen LogP contribution is -2.50. The predicted octanol–water partition coefficient (Wildman–Crippen LogP) is 2.78. The minimum absolute atomic E-state index is 0.367. The Morgan fingerprint density at radius 3 is 2.44 bits per heavy atom. The molecule has 4 nitrogen and oxygen atoms in total. The fourth-order valence-corrected chi connectivity index (χ4v) is 2.21. The highest BCUT2D eigenvalue weighted by Crippen LogP contribution is 2.20. The van der Waals surface area contributed by atoms with Gasteiger partial charge >= 0.3 is 5.97 Å². The third-order valence-corrected chi connectivity index (χ3v) is 2.92. The molecule has 1 N–H and O–H groups in total. The Morgan fingerprint density at radius 2 is 1.94 bits per heavy atom. The molecule has 1 amide bonds. The average Bonchev–Trinajstić information content (AvgIpc) is 2.25. The molecule has 1 rings (SSSR count). The van der Waals surface area contributed by atoms with Crippen molar-refractivity contribution in [1.29, 1.82) is 0 Å². The van der Waals surface area contributed by atoms with Crippen LogP contribution in [-0.4, -0.2) is 24.5 Å². The molecule has 6 heteroatoms. The predicted molar refractivity (Wildman–Crippen MR) is 72.7 cm³/mol. The largest absolute Gasteiger partial charge is 0.467 e. The Morgan fingerprint density at radius 1 is 1.33 bits per heavy atom. The maximum Gasteiger partial charge on any atom is 0.330 e. The zero-order chi connectivity index (χ0) is 13.9. The number of amides is 1. The Hall–Kier alpha value is -1.07. The number of carbonyl (C=O) groups is 2. The SMILES string of the molecule is COC(=O)C(C)(C)NC(=O)c1cc(Cl)cc(Br)c1. The number of hydrogen-bond donors (Lipinski definition) is 1. The van der Waals surface area contributed by atoms with Gasteiger partial charge in [0.15, 0.2) is 0 Å². The van der Waals surface area contributed by atoms with Crippen molar-refractivity contribution in [3.63, 3.8) is 0 Å². The van der Waals surface area contributed by atoms with Gasteiger partial charge in [0.2, 0.25) is 0 Å². The second-order valence-corrected chi connectivity index (χ2v) is 5.58. The molecule has 0 aromatic heterocycles. The Bertz CT molecular complexity index is 468. The number of nitrogens with one attached hydrogen (secondary N) is 1. The van der Waals surface area contributed by atoms with E-state index in [1.54, 1.807) is 26.0 Å². The molecule has 18 heavy (non-hydrogen) atoms. The standard InChI is InChI=1S/C12H13BrClNO3/c1-12(2,11(17)18-3)15-10(16)7-4-8(13)6-9(14)5-7/h4-6H,1-3H3,(H,15,16). The fraction of sp³-hybridized carbons (Fsp3) is 0.333. The van der Waals surface area contributed by atoms with Crippen LogP contribution in [-0.2, 0) is 9.53 Å². The first-order valence-corrected chi connectivity index (χ1v) is 6.30. The van der Waals surface area contributed by atoms with Crippen LogP contribution in [0.3, 0.4) is 0 Å². The van der Waals surface area contributed by atoms with Gasteiger partial charge in [-0.15, -0.1) is 0 Å². The van der Waals surface area contributed by atoms with Crippen molar-refractivity contribution in [2.24, 2.45) is 0 Å². The van der Waals surface area contributed by atoms with Crippen LogP contribution in [0, 0.1) is 0 Å². The van der Waals surface area contributed by atoms with Crippen LogP contribution in [0.15, 0.2) is 22.7 Å². The summed E-state index contributed by atoms with van der Waals surface area (Å²) in [6.45, 7) is 3.13. The van der Waals surface area contributed by atoms with Crippen LogP contribution in [0.25, 0.3) is 0 Å². The summed E-state index contributed by atoms with van der Waals surface area (Å²) in [5, 5.41) is 3.02. The summed E-state index contributed by atoms with van der Waals surface area (Å²) in [7, 11) is 1.27. The van der Waals surface area contributed by atoms with Gasteiger partial charge in [-0.1, -0.05) is 27.5 Å². The van der Waals surface area contributed by atoms with Crippen molar-refractivity contribution in [3.8, 4) is 0 Å². The maximum atomic E-state index is 12.0. The zero-order valence-electron chi connectivity index (χ0n) is 10.2. The maximum absolute atomic E-state index is 12.0. The monoisotopic (exact) mass is 333 g/mol. The van der Waals surface area contributed by atoms with Gasteiger partial charge in [0.05, 0.1) is 7.11 Å². The Balaban J connectivity index is 2.92. The first-order valence-electron chi connectivity index (χ1n) is 5.13. The van der Waals surface area contributed by atoms with E-state index in [2.05, 4.69) is 26.0 Å². The van der Waals surface area contributed by atoms with E-state index in [0.717, 1.165) is 0 Å². The fourth-order valence-electron chi connectivity index (χ4n) is 1.35. The quantitative estimate of drug-likeness (QED) is 0.865. The van der Waals surface area contributed by atoms with Gasteiger partial charge in [-0.3, -0.25) is 4.79 Å². The number of hydrogen-bond acceptors (Lipinski definition) is 3. The van der Waals surface area contributed by atoms with Crippen molar-refractivity contribution in [2.45, 2.75) is 19.4 Å². The van der Waals surface area contributed by atoms with E-state index >= 15 is 0 Å². The van der Waals surface area contributed by atoms with Gasteiger partial charge < -0.3 is 10.1 Å². The number of halogens is 2. The van der Waals surface area contributed by atoms with Crippen molar-refractivity contribution in [2.75, 3.05) is 7.11 Å². The van der Waals surface area contributed by atoms with Crippen LogP contribution in [0.4, 0.5) is 0 Å². The van der Waals surface area contributed by atoms with E-state index in [-0.39, 0.29) is 0 Å². The molecule has 0 bridgehead atoms. The summed E-state index contributed by atoms with van der Waals surface area (Å²) in [6, 6.07) is 4.81. The molecule has 1 aromatic carbocycles. The van der Waals surface area contributed by atoms with Crippen LogP contribution in [0.5, 0.6) is 0 Å². The van der Waals surface area contributed by atoms with Gasteiger partial charge in [0, 0.05) is 15.1 Å². The number of carbonyl (C=O) groups excluding carboxylic acids is 2. The van der Waals surface area contributed by atoms with Crippen LogP contribution < -0.4 is 5.32 Å². The average molecular weight is 335 g/mol. The molecule has 98 valence electrons. The van der Waals surface area contributed by atoms with Crippen LogP contribution in [0.1, 0.15) is 24.2 Å². The molecule has 0 fully saturated rings. The van der Waals surface area contributed by atoms with E-state index < -0.39 is 17.4 Å². The number of methoxy groups -OCH3 is 1. The lowest BCUT2D eigenvalue weighted by molar-refractivity contribution is -0.146. The molecular formula is C12H13BrClNO3. The van der Waals surface area contributed by atoms with E-state index in [0.29, 0.717) is 15.1 Å². The lowest BCUT2D eigenvalue weighted by Gasteiger charge is -2.23. The first kappa shape index (κ1) is 15.0. The van der Waals surface area contributed by atoms with E-state index in [1.807, 2.05) is 0 Å². The normalized spacial score (nSPS) is 10.9. The molecule has 0 aliphatic carbocycles. The summed E-state index contributed by atoms with van der Waals surface area (Å²) in [4.78, 5) is 23.4. The summed E-state index contributed by atoms with van der Waals surface area (Å²) in [6.07, 6.45) is 0. The molecule has 0 spiro atoms. The summed E-state index contributed by atoms with van der Waals surface area (Å²) in [5.74, 6) is -0.912. The minimum atomic E-state index is -1.10. The second-order valence-electron chi connectivity index (χ2n) is 4.23. The minimum Gasteiger partial charge on any atom is -0.467 e. The molecule has 0 radical (unpaired) electrons. The summed E-state index contributed by atoms with van der Waals surface area (Å²) < 4.78 is 5.30. The summed E-state index contributed by atoms with van der Waals surface area (Å²) >= 11 is 9.10. The van der Waals surface area contributed by atoms with E-state index in [9.17, 15) is 9.59 Å². The number of benzene rings is 1. The van der Waals surface area contributed by atoms with Crippen molar-refractivity contribution in [3.05, 3.63) is 33.3 Å². The lowest BCUT2D eigenvalue weighted by atomic mass is 10.1. The van der Waals surface area contributed by atoms with E-state index in [1.165, 1.54) is 13.2 Å². The zero-order valence-corrected chi connectivity index (χ0v) is 12.6. The molecule has 0 aliphatic rings. The molecule has 0 saturated heterocycles. The van der Waals surface area contributed by atoms with Crippen molar-refractivity contribution >= 4 is 39.4 Å². The molecule has 0 heterocycles. The second kappa shape index (κ2) is 5.71. The Labute approximate surface area is 119 Å². The molecule has 0 unspecified atom stereocenters. The smallest absolute Gasteiger partial charge is 0.330 e. The van der Waals surface area contributed by atoms with Gasteiger partial charge in [-0.2, -0.15) is 0 Å². The number of rotatable bonds is 3. The highest BCUT2D eigenvalue weighted by Gasteiger charge is 2.30. The van der Waals surface area contributed by atoms with Crippen molar-refractivity contribution in [1.82, 2.24) is 5.32 Å². The van der Waals surface area contributed by atoms with Gasteiger partial charge in [-0.05, 0) is 32.0 Å². The van der Waals surface area contributed by atoms with Gasteiger partial charge in [0.25, 0.3) is 5.91 Å². The van der Waals surface area contributed by atoms with Crippen molar-refractivity contribution < 1.29 is 14.3 Å².